The van der Waals surface area contributed by atoms with Crippen LogP contribution in [0.15, 0.2) is 89.4 Å². The molecule has 0 aliphatic rings. The number of para-hydroxylation sites is 2. The van der Waals surface area contributed by atoms with Crippen molar-refractivity contribution in [3.8, 4) is 21.9 Å². The number of fused-ring (bicyclic) bond motifs is 1. The SMILES string of the molecule is Cc1cc(-c2nc3ccccc3s2)ccc1NC(=O)C=Cc1ccc(-c2ccccc2[N+](=O)[O-])o1. The number of aromatic nitrogens is 1. The first-order chi connectivity index (χ1) is 17.0. The van der Waals surface area contributed by atoms with Gasteiger partial charge in [0.05, 0.1) is 20.7 Å². The molecule has 0 aliphatic heterocycles. The predicted octanol–water partition coefficient (Wildman–Crippen LogP) is 7.09. The number of nitrogens with zero attached hydrogens (tertiary/aromatic N) is 2. The van der Waals surface area contributed by atoms with Crippen LogP contribution in [0.1, 0.15) is 11.3 Å². The third-order valence-electron chi connectivity index (χ3n) is 5.42. The Balaban J connectivity index is 1.28. The van der Waals surface area contributed by atoms with E-state index in [1.54, 1.807) is 41.7 Å². The maximum Gasteiger partial charge on any atom is 0.280 e. The van der Waals surface area contributed by atoms with Crippen LogP contribution in [-0.4, -0.2) is 15.8 Å². The molecule has 0 bridgehead atoms. The highest BCUT2D eigenvalue weighted by atomic mass is 32.1. The van der Waals surface area contributed by atoms with Gasteiger partial charge >= 0.3 is 0 Å². The molecule has 0 spiro atoms. The van der Waals surface area contributed by atoms with E-state index < -0.39 is 4.92 Å². The van der Waals surface area contributed by atoms with Gasteiger partial charge in [-0.1, -0.05) is 24.3 Å². The number of hydrogen-bond acceptors (Lipinski definition) is 6. The fourth-order valence-electron chi connectivity index (χ4n) is 3.69. The van der Waals surface area contributed by atoms with Crippen LogP contribution < -0.4 is 5.32 Å². The van der Waals surface area contributed by atoms with Crippen LogP contribution in [-0.2, 0) is 4.79 Å². The summed E-state index contributed by atoms with van der Waals surface area (Å²) in [5.41, 5.74) is 3.92. The minimum absolute atomic E-state index is 0.0418. The lowest BCUT2D eigenvalue weighted by molar-refractivity contribution is -0.384. The number of thiazole rings is 1. The first-order valence-electron chi connectivity index (χ1n) is 10.8. The van der Waals surface area contributed by atoms with Gasteiger partial charge in [-0.3, -0.25) is 14.9 Å². The van der Waals surface area contributed by atoms with Gasteiger partial charge in [-0.25, -0.2) is 4.98 Å². The minimum Gasteiger partial charge on any atom is -0.456 e. The summed E-state index contributed by atoms with van der Waals surface area (Å²) in [6.45, 7) is 1.93. The van der Waals surface area contributed by atoms with E-state index in [-0.39, 0.29) is 11.6 Å². The van der Waals surface area contributed by atoms with Crippen molar-refractivity contribution in [3.63, 3.8) is 0 Å². The molecule has 1 N–H and O–H groups in total. The molecule has 0 aliphatic carbocycles. The third kappa shape index (κ3) is 4.73. The van der Waals surface area contributed by atoms with Crippen LogP contribution in [0.5, 0.6) is 0 Å². The Morgan fingerprint density at radius 2 is 1.86 bits per heavy atom. The number of nitrogens with one attached hydrogen (secondary N) is 1. The van der Waals surface area contributed by atoms with E-state index in [0.29, 0.717) is 22.8 Å². The Labute approximate surface area is 204 Å². The molecule has 0 atom stereocenters. The van der Waals surface area contributed by atoms with Crippen LogP contribution in [0, 0.1) is 17.0 Å². The molecular weight excluding hydrogens is 462 g/mol. The Kier molecular flexibility index (Phi) is 5.95. The lowest BCUT2D eigenvalue weighted by Crippen LogP contribution is -2.08. The van der Waals surface area contributed by atoms with Crippen LogP contribution in [0.3, 0.4) is 0 Å². The molecule has 0 saturated carbocycles. The molecular formula is C27H19N3O4S. The summed E-state index contributed by atoms with van der Waals surface area (Å²) in [6.07, 6.45) is 2.89. The second-order valence-electron chi connectivity index (χ2n) is 7.82. The maximum absolute atomic E-state index is 12.5. The predicted molar refractivity (Wildman–Crippen MR) is 138 cm³/mol. The van der Waals surface area contributed by atoms with Crippen molar-refractivity contribution in [1.29, 1.82) is 0 Å². The summed E-state index contributed by atoms with van der Waals surface area (Å²) >= 11 is 1.63. The van der Waals surface area contributed by atoms with Crippen LogP contribution in [0.4, 0.5) is 11.4 Å². The number of carbonyl (C=O) groups is 1. The number of hydrogen-bond donors (Lipinski definition) is 1. The van der Waals surface area contributed by atoms with E-state index in [9.17, 15) is 14.9 Å². The summed E-state index contributed by atoms with van der Waals surface area (Å²) in [6, 6.07) is 23.5. The molecule has 5 rings (SSSR count). The number of rotatable bonds is 6. The monoisotopic (exact) mass is 481 g/mol. The number of aryl methyl sites for hydroxylation is 1. The zero-order valence-corrected chi connectivity index (χ0v) is 19.4. The average molecular weight is 482 g/mol. The number of benzene rings is 3. The number of anilines is 1. The fraction of sp³-hybridized carbons (Fsp3) is 0.0370. The molecule has 7 nitrogen and oxygen atoms in total. The zero-order valence-electron chi connectivity index (χ0n) is 18.6. The van der Waals surface area contributed by atoms with Gasteiger partial charge in [0.15, 0.2) is 0 Å². The minimum atomic E-state index is -0.453. The highest BCUT2D eigenvalue weighted by Crippen LogP contribution is 2.33. The van der Waals surface area contributed by atoms with E-state index in [2.05, 4.69) is 10.3 Å². The van der Waals surface area contributed by atoms with Crippen LogP contribution >= 0.6 is 11.3 Å². The molecule has 35 heavy (non-hydrogen) atoms. The van der Waals surface area contributed by atoms with Gasteiger partial charge < -0.3 is 9.73 Å². The molecule has 8 heteroatoms. The highest BCUT2D eigenvalue weighted by Gasteiger charge is 2.17. The van der Waals surface area contributed by atoms with Crippen molar-refractivity contribution in [2.75, 3.05) is 5.32 Å². The summed E-state index contributed by atoms with van der Waals surface area (Å²) in [7, 11) is 0. The summed E-state index contributed by atoms with van der Waals surface area (Å²) < 4.78 is 6.83. The van der Waals surface area contributed by atoms with E-state index in [1.165, 1.54) is 18.2 Å². The quantitative estimate of drug-likeness (QED) is 0.159. The van der Waals surface area contributed by atoms with Gasteiger partial charge in [0, 0.05) is 23.4 Å². The van der Waals surface area contributed by atoms with Gasteiger partial charge in [-0.15, -0.1) is 11.3 Å². The van der Waals surface area contributed by atoms with Crippen LogP contribution in [0.2, 0.25) is 0 Å². The van der Waals surface area contributed by atoms with Gasteiger partial charge in [0.1, 0.15) is 16.5 Å². The number of furan rings is 1. The smallest absolute Gasteiger partial charge is 0.280 e. The highest BCUT2D eigenvalue weighted by molar-refractivity contribution is 7.21. The first-order valence-corrected chi connectivity index (χ1v) is 11.6. The normalized spacial score (nSPS) is 11.2. The third-order valence-corrected chi connectivity index (χ3v) is 6.50. The van der Waals surface area contributed by atoms with E-state index >= 15 is 0 Å². The molecule has 2 aromatic heterocycles. The van der Waals surface area contributed by atoms with Gasteiger partial charge in [-0.2, -0.15) is 0 Å². The lowest BCUT2D eigenvalue weighted by Gasteiger charge is -2.07. The molecule has 0 unspecified atom stereocenters. The Morgan fingerprint density at radius 1 is 1.06 bits per heavy atom. The average Bonchev–Trinajstić information content (AvgIpc) is 3.51. The number of nitro groups is 1. The Bertz CT molecular complexity index is 1570. The molecule has 1 amide bonds. The second kappa shape index (κ2) is 9.36. The van der Waals surface area contributed by atoms with Crippen molar-refractivity contribution >= 4 is 44.9 Å². The molecule has 0 saturated heterocycles. The van der Waals surface area contributed by atoms with Crippen molar-refractivity contribution in [3.05, 3.63) is 106 Å². The number of carbonyl (C=O) groups excluding carboxylic acids is 1. The number of nitro benzene ring substituents is 1. The van der Waals surface area contributed by atoms with Crippen molar-refractivity contribution in [2.45, 2.75) is 6.92 Å². The van der Waals surface area contributed by atoms with Gasteiger partial charge in [0.25, 0.3) is 5.69 Å². The van der Waals surface area contributed by atoms with E-state index in [0.717, 1.165) is 26.4 Å². The van der Waals surface area contributed by atoms with E-state index in [1.807, 2.05) is 49.4 Å². The molecule has 3 aromatic carbocycles. The zero-order chi connectivity index (χ0) is 24.4. The maximum atomic E-state index is 12.5. The lowest BCUT2D eigenvalue weighted by atomic mass is 10.1. The largest absolute Gasteiger partial charge is 0.456 e. The van der Waals surface area contributed by atoms with Gasteiger partial charge in [-0.05, 0) is 67.1 Å². The first kappa shape index (κ1) is 22.2. The summed E-state index contributed by atoms with van der Waals surface area (Å²) in [5.74, 6) is 0.458. The van der Waals surface area contributed by atoms with E-state index in [4.69, 9.17) is 4.42 Å². The Morgan fingerprint density at radius 3 is 2.66 bits per heavy atom. The summed E-state index contributed by atoms with van der Waals surface area (Å²) in [4.78, 5) is 28.0. The Hall–Kier alpha value is -4.56. The van der Waals surface area contributed by atoms with Gasteiger partial charge in [0.2, 0.25) is 5.91 Å². The fourth-order valence-corrected chi connectivity index (χ4v) is 4.66. The second-order valence-corrected chi connectivity index (χ2v) is 8.85. The van der Waals surface area contributed by atoms with Crippen molar-refractivity contribution < 1.29 is 14.1 Å². The molecule has 0 radical (unpaired) electrons. The standard InChI is InChI=1S/C27H19N3O4S/c1-17-16-18(27-29-22-7-3-5-9-25(22)35-27)10-13-21(17)28-26(31)15-12-19-11-14-24(34-19)20-6-2-4-8-23(20)30(32)33/h2-16H,1H3,(H,28,31). The molecule has 0 fully saturated rings. The topological polar surface area (TPSA) is 98.3 Å². The van der Waals surface area contributed by atoms with Crippen molar-refractivity contribution in [1.82, 2.24) is 4.98 Å². The molecule has 5 aromatic rings. The van der Waals surface area contributed by atoms with Crippen molar-refractivity contribution in [2.24, 2.45) is 0 Å². The molecule has 172 valence electrons. The van der Waals surface area contributed by atoms with Crippen LogP contribution in [0.25, 0.3) is 38.2 Å². The summed E-state index contributed by atoms with van der Waals surface area (Å²) in [5, 5.41) is 15.1. The number of amides is 1. The molecule has 2 heterocycles.